The van der Waals surface area contributed by atoms with Gasteiger partial charge in [0.2, 0.25) is 0 Å². The SMILES string of the molecule is C[C@@H]1CN2C[C@@H](NC(=O)c3c(Cl)cnn3C)C[C@H]2CO1. The van der Waals surface area contributed by atoms with Crippen LogP contribution in [0.2, 0.25) is 5.02 Å². The monoisotopic (exact) mass is 298 g/mol. The normalized spacial score (nSPS) is 30.2. The number of nitrogens with zero attached hydrogens (tertiary/aromatic N) is 3. The number of amides is 1. The van der Waals surface area contributed by atoms with Gasteiger partial charge in [-0.2, -0.15) is 5.10 Å². The largest absolute Gasteiger partial charge is 0.376 e. The predicted molar refractivity (Wildman–Crippen MR) is 74.9 cm³/mol. The van der Waals surface area contributed by atoms with E-state index in [-0.39, 0.29) is 18.1 Å². The molecule has 20 heavy (non-hydrogen) atoms. The quantitative estimate of drug-likeness (QED) is 0.872. The summed E-state index contributed by atoms with van der Waals surface area (Å²) in [6.07, 6.45) is 2.69. The highest BCUT2D eigenvalue weighted by Crippen LogP contribution is 2.23. The van der Waals surface area contributed by atoms with Crippen LogP contribution in [0.5, 0.6) is 0 Å². The molecule has 3 rings (SSSR count). The van der Waals surface area contributed by atoms with Gasteiger partial charge >= 0.3 is 0 Å². The lowest BCUT2D eigenvalue weighted by Crippen LogP contribution is -2.45. The first-order valence-electron chi connectivity index (χ1n) is 6.88. The van der Waals surface area contributed by atoms with Gasteiger partial charge in [0.25, 0.3) is 5.91 Å². The van der Waals surface area contributed by atoms with Gasteiger partial charge in [-0.25, -0.2) is 0 Å². The van der Waals surface area contributed by atoms with Gasteiger partial charge in [-0.1, -0.05) is 11.6 Å². The molecule has 3 heterocycles. The van der Waals surface area contributed by atoms with Gasteiger partial charge in [0.15, 0.2) is 0 Å². The number of hydrogen-bond donors (Lipinski definition) is 1. The fourth-order valence-electron chi connectivity index (χ4n) is 3.06. The third-order valence-electron chi connectivity index (χ3n) is 4.04. The van der Waals surface area contributed by atoms with Crippen molar-refractivity contribution in [2.75, 3.05) is 19.7 Å². The highest BCUT2D eigenvalue weighted by molar-refractivity contribution is 6.33. The second kappa shape index (κ2) is 5.35. The minimum absolute atomic E-state index is 0.146. The Balaban J connectivity index is 1.63. The topological polar surface area (TPSA) is 59.4 Å². The molecule has 2 aliphatic heterocycles. The first-order valence-corrected chi connectivity index (χ1v) is 7.26. The zero-order valence-corrected chi connectivity index (χ0v) is 12.4. The number of ether oxygens (including phenoxy) is 1. The van der Waals surface area contributed by atoms with E-state index in [4.69, 9.17) is 16.3 Å². The number of halogens is 1. The second-order valence-corrected chi connectivity index (χ2v) is 6.03. The fourth-order valence-corrected chi connectivity index (χ4v) is 3.32. The lowest BCUT2D eigenvalue weighted by atomic mass is 10.1. The Bertz CT molecular complexity index is 499. The molecule has 7 heteroatoms. The van der Waals surface area contributed by atoms with Gasteiger partial charge < -0.3 is 10.1 Å². The van der Waals surface area contributed by atoms with E-state index in [0.29, 0.717) is 16.8 Å². The molecule has 0 saturated carbocycles. The number of morpholine rings is 1. The van der Waals surface area contributed by atoms with Crippen molar-refractivity contribution in [3.63, 3.8) is 0 Å². The van der Waals surface area contributed by atoms with E-state index in [1.807, 2.05) is 0 Å². The number of fused-ring (bicyclic) bond motifs is 1. The van der Waals surface area contributed by atoms with Crippen LogP contribution in [0.1, 0.15) is 23.8 Å². The third kappa shape index (κ3) is 2.55. The summed E-state index contributed by atoms with van der Waals surface area (Å²) < 4.78 is 7.17. The third-order valence-corrected chi connectivity index (χ3v) is 4.31. The highest BCUT2D eigenvalue weighted by atomic mass is 35.5. The smallest absolute Gasteiger partial charge is 0.271 e. The number of aromatic nitrogens is 2. The molecule has 2 fully saturated rings. The molecule has 0 radical (unpaired) electrons. The molecule has 6 nitrogen and oxygen atoms in total. The van der Waals surface area contributed by atoms with Gasteiger partial charge in [-0.05, 0) is 13.3 Å². The molecule has 1 aromatic heterocycles. The maximum Gasteiger partial charge on any atom is 0.271 e. The molecule has 0 unspecified atom stereocenters. The Kier molecular flexibility index (Phi) is 3.70. The van der Waals surface area contributed by atoms with Gasteiger partial charge in [-0.15, -0.1) is 0 Å². The van der Waals surface area contributed by atoms with Gasteiger partial charge in [0.1, 0.15) is 5.69 Å². The van der Waals surface area contributed by atoms with Gasteiger partial charge in [-0.3, -0.25) is 14.4 Å². The summed E-state index contributed by atoms with van der Waals surface area (Å²) in [6, 6.07) is 0.561. The number of carbonyl (C=O) groups excluding carboxylic acids is 1. The van der Waals surface area contributed by atoms with Crippen LogP contribution in [-0.4, -0.2) is 58.5 Å². The van der Waals surface area contributed by atoms with Gasteiger partial charge in [0, 0.05) is 32.2 Å². The molecule has 1 N–H and O–H groups in total. The number of hydrogen-bond acceptors (Lipinski definition) is 4. The van der Waals surface area contributed by atoms with Crippen molar-refractivity contribution in [3.05, 3.63) is 16.9 Å². The lowest BCUT2D eigenvalue weighted by molar-refractivity contribution is -0.0390. The predicted octanol–water partition coefficient (Wildman–Crippen LogP) is 0.665. The highest BCUT2D eigenvalue weighted by Gasteiger charge is 2.37. The van der Waals surface area contributed by atoms with Crippen LogP contribution >= 0.6 is 11.6 Å². The van der Waals surface area contributed by atoms with Crippen LogP contribution in [0, 0.1) is 0 Å². The van der Waals surface area contributed by atoms with E-state index < -0.39 is 0 Å². The van der Waals surface area contributed by atoms with Crippen LogP contribution in [-0.2, 0) is 11.8 Å². The Morgan fingerprint density at radius 3 is 3.05 bits per heavy atom. The number of nitrogens with one attached hydrogen (secondary N) is 1. The summed E-state index contributed by atoms with van der Waals surface area (Å²) in [7, 11) is 1.72. The minimum atomic E-state index is -0.159. The van der Waals surface area contributed by atoms with Crippen molar-refractivity contribution in [2.24, 2.45) is 7.05 Å². The minimum Gasteiger partial charge on any atom is -0.376 e. The van der Waals surface area contributed by atoms with Crippen molar-refractivity contribution < 1.29 is 9.53 Å². The van der Waals surface area contributed by atoms with Crippen molar-refractivity contribution >= 4 is 17.5 Å². The molecule has 110 valence electrons. The molecule has 2 saturated heterocycles. The first kappa shape index (κ1) is 13.9. The zero-order chi connectivity index (χ0) is 14.3. The van der Waals surface area contributed by atoms with Crippen molar-refractivity contribution in [1.29, 1.82) is 0 Å². The molecular formula is C13H19ClN4O2. The molecule has 0 aromatic carbocycles. The maximum atomic E-state index is 12.3. The Morgan fingerprint density at radius 1 is 1.55 bits per heavy atom. The lowest BCUT2D eigenvalue weighted by Gasteiger charge is -2.33. The fraction of sp³-hybridized carbons (Fsp3) is 0.692. The molecule has 1 aromatic rings. The summed E-state index contributed by atoms with van der Waals surface area (Å²) in [5.41, 5.74) is 0.418. The van der Waals surface area contributed by atoms with E-state index in [9.17, 15) is 4.79 Å². The summed E-state index contributed by atoms with van der Waals surface area (Å²) in [5.74, 6) is -0.159. The standard InChI is InChI=1S/C13H19ClN4O2/c1-8-5-18-6-9(3-10(18)7-20-8)16-13(19)12-11(14)4-15-17(12)2/h4,8-10H,3,5-7H2,1-2H3,(H,16,19)/t8-,9+,10+/m1/s1. The molecule has 3 atom stereocenters. The van der Waals surface area contributed by atoms with Crippen LogP contribution in [0.25, 0.3) is 0 Å². The molecule has 0 bridgehead atoms. The zero-order valence-electron chi connectivity index (χ0n) is 11.7. The summed E-state index contributed by atoms with van der Waals surface area (Å²) >= 11 is 5.99. The van der Waals surface area contributed by atoms with E-state index >= 15 is 0 Å². The van der Waals surface area contributed by atoms with E-state index in [2.05, 4.69) is 22.2 Å². The summed E-state index contributed by atoms with van der Waals surface area (Å²) in [5, 5.41) is 7.43. The number of carbonyl (C=O) groups is 1. The number of aryl methyl sites for hydroxylation is 1. The summed E-state index contributed by atoms with van der Waals surface area (Å²) in [6.45, 7) is 4.64. The second-order valence-electron chi connectivity index (χ2n) is 5.62. The molecule has 0 spiro atoms. The average Bonchev–Trinajstić information content (AvgIpc) is 2.92. The van der Waals surface area contributed by atoms with Crippen molar-refractivity contribution in [1.82, 2.24) is 20.0 Å². The maximum absolute atomic E-state index is 12.3. The Morgan fingerprint density at radius 2 is 2.35 bits per heavy atom. The van der Waals surface area contributed by atoms with Crippen LogP contribution in [0.15, 0.2) is 6.20 Å². The first-order chi connectivity index (χ1) is 9.54. The van der Waals surface area contributed by atoms with Crippen LogP contribution in [0.4, 0.5) is 0 Å². The van der Waals surface area contributed by atoms with Crippen molar-refractivity contribution in [3.8, 4) is 0 Å². The van der Waals surface area contributed by atoms with Crippen LogP contribution < -0.4 is 5.32 Å². The van der Waals surface area contributed by atoms with E-state index in [1.54, 1.807) is 7.05 Å². The summed E-state index contributed by atoms with van der Waals surface area (Å²) in [4.78, 5) is 14.7. The molecular weight excluding hydrogens is 280 g/mol. The molecule has 0 aliphatic carbocycles. The van der Waals surface area contributed by atoms with Gasteiger partial charge in [0.05, 0.1) is 23.9 Å². The van der Waals surface area contributed by atoms with E-state index in [0.717, 1.165) is 26.1 Å². The average molecular weight is 299 g/mol. The number of rotatable bonds is 2. The molecule has 2 aliphatic rings. The van der Waals surface area contributed by atoms with Crippen LogP contribution in [0.3, 0.4) is 0 Å². The Labute approximate surface area is 123 Å². The molecule has 1 amide bonds. The van der Waals surface area contributed by atoms with E-state index in [1.165, 1.54) is 10.9 Å². The Hall–Kier alpha value is -1.11. The van der Waals surface area contributed by atoms with Crippen molar-refractivity contribution in [2.45, 2.75) is 31.5 Å².